The topological polar surface area (TPSA) is 94.2 Å². The summed E-state index contributed by atoms with van der Waals surface area (Å²) in [4.78, 5) is 14.6. The molecule has 2 heterocycles. The monoisotopic (exact) mass is 293 g/mol. The van der Waals surface area contributed by atoms with Gasteiger partial charge in [0.2, 0.25) is 0 Å². The van der Waals surface area contributed by atoms with E-state index in [0.717, 1.165) is 19.5 Å². The lowest BCUT2D eigenvalue weighted by Crippen LogP contribution is -2.23. The normalized spacial score (nSPS) is 18.8. The van der Waals surface area contributed by atoms with Gasteiger partial charge < -0.3 is 21.3 Å². The van der Waals surface area contributed by atoms with Crippen LogP contribution in [0.25, 0.3) is 0 Å². The van der Waals surface area contributed by atoms with E-state index in [4.69, 9.17) is 5.73 Å². The summed E-state index contributed by atoms with van der Waals surface area (Å²) in [5.74, 6) is -0.219. The maximum atomic E-state index is 11.9. The molecule has 4 N–H and O–H groups in total. The highest BCUT2D eigenvalue weighted by atomic mass is 32.1. The van der Waals surface area contributed by atoms with Gasteiger partial charge >= 0.3 is 0 Å². The molecule has 7 heteroatoms. The standard InChI is InChI=1S/C13H19N5OS/c1-3-16-12(19)11-10(15)9(6-14)13(20-11)17-8-4-5-18(2)7-8/h8,17H,3-5,7,15H2,1-2H3,(H,16,19). The number of thiophene rings is 1. The molecular formula is C13H19N5OS. The Hall–Kier alpha value is -1.78. The Morgan fingerprint density at radius 2 is 2.40 bits per heavy atom. The molecule has 0 spiro atoms. The number of carbonyl (C=O) groups is 1. The summed E-state index contributed by atoms with van der Waals surface area (Å²) in [5, 5.41) is 16.0. The van der Waals surface area contributed by atoms with Crippen LogP contribution in [0.4, 0.5) is 10.7 Å². The highest BCUT2D eigenvalue weighted by Crippen LogP contribution is 2.36. The van der Waals surface area contributed by atoms with Crippen molar-refractivity contribution < 1.29 is 4.79 Å². The fraction of sp³-hybridized carbons (Fsp3) is 0.538. The predicted octanol–water partition coefficient (Wildman–Crippen LogP) is 1.07. The van der Waals surface area contributed by atoms with Crippen LogP contribution in [0.15, 0.2) is 0 Å². The van der Waals surface area contributed by atoms with Crippen LogP contribution in [0.2, 0.25) is 0 Å². The second-order valence-electron chi connectivity index (χ2n) is 4.91. The van der Waals surface area contributed by atoms with E-state index in [0.29, 0.717) is 28.0 Å². The molecule has 1 aromatic heterocycles. The minimum Gasteiger partial charge on any atom is -0.396 e. The van der Waals surface area contributed by atoms with E-state index >= 15 is 0 Å². The van der Waals surface area contributed by atoms with E-state index < -0.39 is 0 Å². The molecule has 1 amide bonds. The van der Waals surface area contributed by atoms with Crippen LogP contribution in [-0.2, 0) is 0 Å². The van der Waals surface area contributed by atoms with E-state index in [9.17, 15) is 10.1 Å². The molecule has 0 saturated carbocycles. The van der Waals surface area contributed by atoms with Crippen LogP contribution < -0.4 is 16.4 Å². The van der Waals surface area contributed by atoms with Crippen molar-refractivity contribution >= 4 is 27.9 Å². The van der Waals surface area contributed by atoms with Gasteiger partial charge in [-0.2, -0.15) is 5.26 Å². The number of anilines is 2. The van der Waals surface area contributed by atoms with Gasteiger partial charge in [-0.3, -0.25) is 4.79 Å². The molecule has 1 atom stereocenters. The van der Waals surface area contributed by atoms with Crippen molar-refractivity contribution in [3.63, 3.8) is 0 Å². The Labute approximate surface area is 122 Å². The summed E-state index contributed by atoms with van der Waals surface area (Å²) in [6.07, 6.45) is 1.02. The molecule has 1 unspecified atom stereocenters. The van der Waals surface area contributed by atoms with Crippen LogP contribution in [0.1, 0.15) is 28.6 Å². The predicted molar refractivity (Wildman–Crippen MR) is 81.0 cm³/mol. The van der Waals surface area contributed by atoms with Crippen LogP contribution in [0.5, 0.6) is 0 Å². The second kappa shape index (κ2) is 6.11. The second-order valence-corrected chi connectivity index (χ2v) is 5.93. The quantitative estimate of drug-likeness (QED) is 0.772. The van der Waals surface area contributed by atoms with Gasteiger partial charge in [0.1, 0.15) is 21.5 Å². The van der Waals surface area contributed by atoms with Gasteiger partial charge in [-0.15, -0.1) is 11.3 Å². The van der Waals surface area contributed by atoms with E-state index in [1.807, 2.05) is 6.92 Å². The van der Waals surface area contributed by atoms with E-state index in [-0.39, 0.29) is 11.6 Å². The zero-order valence-corrected chi connectivity index (χ0v) is 12.5. The molecular weight excluding hydrogens is 274 g/mol. The maximum Gasteiger partial charge on any atom is 0.263 e. The van der Waals surface area contributed by atoms with Crippen LogP contribution in [0, 0.1) is 11.3 Å². The summed E-state index contributed by atoms with van der Waals surface area (Å²) in [6, 6.07) is 2.39. The molecule has 0 aromatic carbocycles. The molecule has 1 aliphatic heterocycles. The SMILES string of the molecule is CCNC(=O)c1sc(NC2CCN(C)C2)c(C#N)c1N. The van der Waals surface area contributed by atoms with Crippen molar-refractivity contribution in [2.24, 2.45) is 0 Å². The van der Waals surface area contributed by atoms with Crippen molar-refractivity contribution in [3.05, 3.63) is 10.4 Å². The highest BCUT2D eigenvalue weighted by molar-refractivity contribution is 7.19. The van der Waals surface area contributed by atoms with Gasteiger partial charge in [0, 0.05) is 19.1 Å². The van der Waals surface area contributed by atoms with Crippen molar-refractivity contribution in [1.29, 1.82) is 5.26 Å². The third-order valence-corrected chi connectivity index (χ3v) is 4.46. The molecule has 2 rings (SSSR count). The zero-order valence-electron chi connectivity index (χ0n) is 11.7. The van der Waals surface area contributed by atoms with Crippen molar-refractivity contribution in [3.8, 4) is 6.07 Å². The largest absolute Gasteiger partial charge is 0.396 e. The lowest BCUT2D eigenvalue weighted by molar-refractivity contribution is 0.0960. The Morgan fingerprint density at radius 1 is 1.65 bits per heavy atom. The number of nitrogen functional groups attached to an aromatic ring is 1. The first-order valence-electron chi connectivity index (χ1n) is 6.62. The number of nitrogens with two attached hydrogens (primary N) is 1. The van der Waals surface area contributed by atoms with Gasteiger partial charge in [0.05, 0.1) is 5.69 Å². The van der Waals surface area contributed by atoms with Gasteiger partial charge in [-0.25, -0.2) is 0 Å². The number of likely N-dealkylation sites (N-methyl/N-ethyl adjacent to an activating group) is 1. The van der Waals surface area contributed by atoms with Gasteiger partial charge in [0.15, 0.2) is 0 Å². The van der Waals surface area contributed by atoms with Crippen LogP contribution in [-0.4, -0.2) is 43.5 Å². The highest BCUT2D eigenvalue weighted by Gasteiger charge is 2.25. The molecule has 6 nitrogen and oxygen atoms in total. The van der Waals surface area contributed by atoms with E-state index in [1.54, 1.807) is 0 Å². The fourth-order valence-corrected chi connectivity index (χ4v) is 3.37. The van der Waals surface area contributed by atoms with Crippen molar-refractivity contribution in [1.82, 2.24) is 10.2 Å². The number of rotatable bonds is 4. The van der Waals surface area contributed by atoms with Gasteiger partial charge in [-0.1, -0.05) is 0 Å². The first-order chi connectivity index (χ1) is 9.56. The average molecular weight is 293 g/mol. The Bertz CT molecular complexity index is 548. The Kier molecular flexibility index (Phi) is 4.47. The molecule has 20 heavy (non-hydrogen) atoms. The first-order valence-corrected chi connectivity index (χ1v) is 7.44. The fourth-order valence-electron chi connectivity index (χ4n) is 2.30. The summed E-state index contributed by atoms with van der Waals surface area (Å²) in [6.45, 7) is 4.34. The van der Waals surface area contributed by atoms with Crippen LogP contribution >= 0.6 is 11.3 Å². The Balaban J connectivity index is 2.22. The number of nitriles is 1. The lowest BCUT2D eigenvalue weighted by Gasteiger charge is -2.12. The van der Waals surface area contributed by atoms with Crippen molar-refractivity contribution in [2.75, 3.05) is 37.7 Å². The number of hydrogen-bond acceptors (Lipinski definition) is 6. The van der Waals surface area contributed by atoms with E-state index in [2.05, 4.69) is 28.7 Å². The molecule has 0 aliphatic carbocycles. The molecule has 1 aromatic rings. The minimum absolute atomic E-state index is 0.219. The third-order valence-electron chi connectivity index (χ3n) is 3.33. The smallest absolute Gasteiger partial charge is 0.263 e. The van der Waals surface area contributed by atoms with Crippen molar-refractivity contribution in [2.45, 2.75) is 19.4 Å². The lowest BCUT2D eigenvalue weighted by atomic mass is 10.2. The summed E-state index contributed by atoms with van der Waals surface area (Å²) >= 11 is 1.26. The van der Waals surface area contributed by atoms with E-state index in [1.165, 1.54) is 11.3 Å². The molecule has 108 valence electrons. The molecule has 0 radical (unpaired) electrons. The van der Waals surface area contributed by atoms with Gasteiger partial charge in [-0.05, 0) is 26.9 Å². The number of hydrogen-bond donors (Lipinski definition) is 3. The maximum absolute atomic E-state index is 11.9. The summed E-state index contributed by atoms with van der Waals surface area (Å²) < 4.78 is 0. The molecule has 1 fully saturated rings. The minimum atomic E-state index is -0.219. The number of carbonyl (C=O) groups excluding carboxylic acids is 1. The van der Waals surface area contributed by atoms with Gasteiger partial charge in [0.25, 0.3) is 5.91 Å². The third kappa shape index (κ3) is 2.86. The zero-order chi connectivity index (χ0) is 14.7. The summed E-state index contributed by atoms with van der Waals surface area (Å²) in [7, 11) is 2.07. The number of amides is 1. The number of nitrogens with one attached hydrogen (secondary N) is 2. The summed E-state index contributed by atoms with van der Waals surface area (Å²) in [5.41, 5.74) is 6.58. The average Bonchev–Trinajstić information content (AvgIpc) is 2.94. The number of nitrogens with zero attached hydrogens (tertiary/aromatic N) is 2. The van der Waals surface area contributed by atoms with Crippen LogP contribution in [0.3, 0.4) is 0 Å². The molecule has 0 bridgehead atoms. The number of likely N-dealkylation sites (tertiary alicyclic amines) is 1. The molecule has 1 saturated heterocycles. The molecule has 1 aliphatic rings. The Morgan fingerprint density at radius 3 is 2.95 bits per heavy atom. The first kappa shape index (κ1) is 14.6.